The van der Waals surface area contributed by atoms with Crippen LogP contribution in [0.1, 0.15) is 48.7 Å². The lowest BCUT2D eigenvalue weighted by atomic mass is 9.95. The molecular formula is C22H28N2O4S. The summed E-state index contributed by atoms with van der Waals surface area (Å²) in [6, 6.07) is 13.6. The minimum Gasteiger partial charge on any atom is -0.497 e. The molecule has 0 radical (unpaired) electrons. The third-order valence-electron chi connectivity index (χ3n) is 5.25. The average molecular weight is 417 g/mol. The Hall–Kier alpha value is -2.38. The van der Waals surface area contributed by atoms with Crippen LogP contribution in [0.15, 0.2) is 53.4 Å². The van der Waals surface area contributed by atoms with E-state index in [9.17, 15) is 13.2 Å². The van der Waals surface area contributed by atoms with Crippen molar-refractivity contribution in [1.82, 2.24) is 9.62 Å². The number of hydrogen-bond donors (Lipinski definition) is 1. The highest BCUT2D eigenvalue weighted by molar-refractivity contribution is 7.89. The Morgan fingerprint density at radius 2 is 1.59 bits per heavy atom. The summed E-state index contributed by atoms with van der Waals surface area (Å²) in [5.74, 6) is 0.712. The fraction of sp³-hybridized carbons (Fsp3) is 0.409. The van der Waals surface area contributed by atoms with Gasteiger partial charge in [0.05, 0.1) is 18.0 Å². The van der Waals surface area contributed by atoms with Crippen molar-refractivity contribution in [1.29, 1.82) is 0 Å². The first-order chi connectivity index (χ1) is 13.8. The van der Waals surface area contributed by atoms with Crippen molar-refractivity contribution >= 4 is 15.9 Å². The van der Waals surface area contributed by atoms with E-state index < -0.39 is 10.0 Å². The van der Waals surface area contributed by atoms with Gasteiger partial charge in [-0.15, -0.1) is 0 Å². The van der Waals surface area contributed by atoms with Crippen molar-refractivity contribution in [3.63, 3.8) is 0 Å². The van der Waals surface area contributed by atoms with Gasteiger partial charge < -0.3 is 10.1 Å². The van der Waals surface area contributed by atoms with Crippen LogP contribution in [0.4, 0.5) is 0 Å². The summed E-state index contributed by atoms with van der Waals surface area (Å²) < 4.78 is 32.0. The van der Waals surface area contributed by atoms with Crippen LogP contribution in [0.5, 0.6) is 5.75 Å². The van der Waals surface area contributed by atoms with Gasteiger partial charge in [-0.3, -0.25) is 4.79 Å². The summed E-state index contributed by atoms with van der Waals surface area (Å²) in [6.45, 7) is 5.20. The smallest absolute Gasteiger partial charge is 0.251 e. The molecule has 1 heterocycles. The second kappa shape index (κ2) is 8.97. The van der Waals surface area contributed by atoms with E-state index in [4.69, 9.17) is 4.74 Å². The first kappa shape index (κ1) is 21.3. The number of ether oxygens (including phenoxy) is 1. The molecule has 1 atom stereocenters. The van der Waals surface area contributed by atoms with Crippen LogP contribution < -0.4 is 10.1 Å². The molecule has 1 aliphatic rings. The molecule has 1 amide bonds. The number of benzene rings is 2. The number of nitrogens with one attached hydrogen (secondary N) is 1. The molecule has 1 N–H and O–H groups in total. The van der Waals surface area contributed by atoms with Crippen LogP contribution in [0, 0.1) is 5.92 Å². The van der Waals surface area contributed by atoms with Crippen molar-refractivity contribution in [2.45, 2.75) is 37.6 Å². The number of nitrogens with zero attached hydrogens (tertiary/aromatic N) is 1. The van der Waals surface area contributed by atoms with Gasteiger partial charge in [0.25, 0.3) is 5.91 Å². The molecule has 3 rings (SSSR count). The second-order valence-electron chi connectivity index (χ2n) is 7.60. The van der Waals surface area contributed by atoms with Crippen LogP contribution in [-0.4, -0.2) is 38.8 Å². The molecule has 7 heteroatoms. The maximum atomic E-state index is 12.8. The number of hydrogen-bond acceptors (Lipinski definition) is 4. The van der Waals surface area contributed by atoms with Gasteiger partial charge >= 0.3 is 0 Å². The Balaban J connectivity index is 1.74. The summed E-state index contributed by atoms with van der Waals surface area (Å²) in [6.07, 6.45) is 1.78. The Kier molecular flexibility index (Phi) is 6.59. The molecule has 0 aliphatic carbocycles. The largest absolute Gasteiger partial charge is 0.497 e. The number of amides is 1. The topological polar surface area (TPSA) is 75.7 Å². The molecule has 156 valence electrons. The van der Waals surface area contributed by atoms with Gasteiger partial charge in [0.15, 0.2) is 0 Å². The Morgan fingerprint density at radius 3 is 2.10 bits per heavy atom. The molecule has 2 aromatic carbocycles. The molecular weight excluding hydrogens is 388 g/mol. The standard InChI is InChI=1S/C22H28N2O4S/c1-16(2)21(17-6-10-19(28-3)11-7-17)23-22(25)18-8-12-20(13-9-18)29(26,27)24-14-4-5-15-24/h6-13,16,21H,4-5,14-15H2,1-3H3,(H,23,25)/t21-/m0/s1. The predicted molar refractivity (Wildman–Crippen MR) is 112 cm³/mol. The zero-order valence-corrected chi connectivity index (χ0v) is 17.9. The lowest BCUT2D eigenvalue weighted by Crippen LogP contribution is -2.32. The first-order valence-electron chi connectivity index (χ1n) is 9.88. The Labute approximate surface area is 172 Å². The monoisotopic (exact) mass is 416 g/mol. The van der Waals surface area contributed by atoms with Crippen LogP contribution in [0.3, 0.4) is 0 Å². The van der Waals surface area contributed by atoms with Gasteiger partial charge in [0, 0.05) is 18.7 Å². The van der Waals surface area contributed by atoms with E-state index in [1.807, 2.05) is 38.1 Å². The predicted octanol–water partition coefficient (Wildman–Crippen LogP) is 3.61. The quantitative estimate of drug-likeness (QED) is 0.748. The van der Waals surface area contributed by atoms with Crippen molar-refractivity contribution < 1.29 is 17.9 Å². The lowest BCUT2D eigenvalue weighted by molar-refractivity contribution is 0.0925. The van der Waals surface area contributed by atoms with Crippen molar-refractivity contribution in [3.8, 4) is 5.75 Å². The highest BCUT2D eigenvalue weighted by Crippen LogP contribution is 2.25. The SMILES string of the molecule is COc1ccc([C@@H](NC(=O)c2ccc(S(=O)(=O)N3CCCC3)cc2)C(C)C)cc1. The number of rotatable bonds is 7. The summed E-state index contributed by atoms with van der Waals surface area (Å²) in [4.78, 5) is 13.0. The van der Waals surface area contributed by atoms with Crippen LogP contribution in [0.2, 0.25) is 0 Å². The fourth-order valence-corrected chi connectivity index (χ4v) is 5.04. The van der Waals surface area contributed by atoms with Gasteiger partial charge in [-0.25, -0.2) is 8.42 Å². The van der Waals surface area contributed by atoms with E-state index in [-0.39, 0.29) is 22.8 Å². The normalized spacial score (nSPS) is 16.0. The van der Waals surface area contributed by atoms with Crippen LogP contribution in [-0.2, 0) is 10.0 Å². The van der Waals surface area contributed by atoms with E-state index in [0.717, 1.165) is 24.2 Å². The van der Waals surface area contributed by atoms with E-state index in [1.165, 1.54) is 16.4 Å². The van der Waals surface area contributed by atoms with Crippen molar-refractivity contribution in [3.05, 3.63) is 59.7 Å². The molecule has 1 saturated heterocycles. The maximum absolute atomic E-state index is 12.8. The summed E-state index contributed by atoms with van der Waals surface area (Å²) in [5.41, 5.74) is 1.42. The molecule has 0 bridgehead atoms. The number of methoxy groups -OCH3 is 1. The maximum Gasteiger partial charge on any atom is 0.251 e. The van der Waals surface area contributed by atoms with Gasteiger partial charge in [-0.05, 0) is 60.7 Å². The number of carbonyl (C=O) groups is 1. The van der Waals surface area contributed by atoms with Gasteiger partial charge in [-0.1, -0.05) is 26.0 Å². The molecule has 6 nitrogen and oxygen atoms in total. The molecule has 29 heavy (non-hydrogen) atoms. The molecule has 1 aliphatic heterocycles. The van der Waals surface area contributed by atoms with Crippen LogP contribution in [0.25, 0.3) is 0 Å². The molecule has 1 fully saturated rings. The highest BCUT2D eigenvalue weighted by Gasteiger charge is 2.27. The number of sulfonamides is 1. The summed E-state index contributed by atoms with van der Waals surface area (Å²) in [7, 11) is -1.86. The first-order valence-corrected chi connectivity index (χ1v) is 11.3. The fourth-order valence-electron chi connectivity index (χ4n) is 3.53. The second-order valence-corrected chi connectivity index (χ2v) is 9.54. The van der Waals surface area contributed by atoms with E-state index in [1.54, 1.807) is 19.2 Å². The minimum absolute atomic E-state index is 0.165. The van der Waals surface area contributed by atoms with Crippen molar-refractivity contribution in [2.75, 3.05) is 20.2 Å². The molecule has 0 spiro atoms. The van der Waals surface area contributed by atoms with Gasteiger partial charge in [0.1, 0.15) is 5.75 Å². The van der Waals surface area contributed by atoms with E-state index >= 15 is 0 Å². The van der Waals surface area contributed by atoms with E-state index in [0.29, 0.717) is 18.7 Å². The Morgan fingerprint density at radius 1 is 1.00 bits per heavy atom. The van der Waals surface area contributed by atoms with Crippen molar-refractivity contribution in [2.24, 2.45) is 5.92 Å². The average Bonchev–Trinajstić information content (AvgIpc) is 3.28. The zero-order valence-electron chi connectivity index (χ0n) is 17.1. The summed E-state index contributed by atoms with van der Waals surface area (Å²) >= 11 is 0. The van der Waals surface area contributed by atoms with Gasteiger partial charge in [0.2, 0.25) is 10.0 Å². The summed E-state index contributed by atoms with van der Waals surface area (Å²) in [5, 5.41) is 3.06. The molecule has 0 aromatic heterocycles. The van der Waals surface area contributed by atoms with Crippen LogP contribution >= 0.6 is 0 Å². The minimum atomic E-state index is -3.48. The third-order valence-corrected chi connectivity index (χ3v) is 7.16. The molecule has 0 unspecified atom stereocenters. The van der Waals surface area contributed by atoms with E-state index in [2.05, 4.69) is 5.32 Å². The third kappa shape index (κ3) is 4.79. The number of carbonyl (C=O) groups excluding carboxylic acids is 1. The highest BCUT2D eigenvalue weighted by atomic mass is 32.2. The molecule has 0 saturated carbocycles. The Bertz CT molecular complexity index is 932. The lowest BCUT2D eigenvalue weighted by Gasteiger charge is -2.23. The zero-order chi connectivity index (χ0) is 21.0. The molecule has 2 aromatic rings. The van der Waals surface area contributed by atoms with Gasteiger partial charge in [-0.2, -0.15) is 4.31 Å².